The fourth-order valence-corrected chi connectivity index (χ4v) is 2.80. The average molecular weight is 356 g/mol. The van der Waals surface area contributed by atoms with Crippen molar-refractivity contribution in [3.05, 3.63) is 41.3 Å². The van der Waals surface area contributed by atoms with Gasteiger partial charge in [-0.25, -0.2) is 4.98 Å². The zero-order valence-electron chi connectivity index (χ0n) is 15.8. The summed E-state index contributed by atoms with van der Waals surface area (Å²) in [5.41, 5.74) is 1.54. The number of nitrogens with zero attached hydrogens (tertiary/aromatic N) is 2. The second-order valence-corrected chi connectivity index (χ2v) is 7.59. The first-order valence-corrected chi connectivity index (χ1v) is 8.66. The average Bonchev–Trinajstić information content (AvgIpc) is 2.53. The number of rotatable bonds is 4. The molecule has 1 unspecified atom stereocenters. The smallest absolute Gasteiger partial charge is 0.311 e. The Labute approximate surface area is 153 Å². The lowest BCUT2D eigenvalue weighted by molar-refractivity contribution is -0.135. The van der Waals surface area contributed by atoms with Crippen LogP contribution in [0.5, 0.6) is 17.4 Å². The van der Waals surface area contributed by atoms with Crippen molar-refractivity contribution in [3.63, 3.8) is 0 Å². The van der Waals surface area contributed by atoms with Gasteiger partial charge < -0.3 is 14.2 Å². The van der Waals surface area contributed by atoms with Crippen LogP contribution in [0.2, 0.25) is 0 Å². The molecule has 1 aromatic heterocycles. The van der Waals surface area contributed by atoms with Crippen LogP contribution in [0.15, 0.2) is 24.3 Å². The molecule has 138 valence electrons. The number of hydrogen-bond acceptors (Lipinski definition) is 6. The SMILES string of the molecule is COCc1cc(Oc2ccc3c(c2)OC(=O)CC3C)nc(C(C)(C)C)n1. The number of carbonyl (C=O) groups is 1. The third-order valence-corrected chi connectivity index (χ3v) is 4.15. The highest BCUT2D eigenvalue weighted by Gasteiger charge is 2.24. The predicted octanol–water partition coefficient (Wildman–Crippen LogP) is 4.13. The second-order valence-electron chi connectivity index (χ2n) is 7.59. The van der Waals surface area contributed by atoms with E-state index in [0.717, 1.165) is 11.3 Å². The van der Waals surface area contributed by atoms with Crippen LogP contribution in [0.25, 0.3) is 0 Å². The molecule has 0 N–H and O–H groups in total. The van der Waals surface area contributed by atoms with E-state index >= 15 is 0 Å². The maximum absolute atomic E-state index is 11.7. The van der Waals surface area contributed by atoms with Crippen LogP contribution in [0.3, 0.4) is 0 Å². The summed E-state index contributed by atoms with van der Waals surface area (Å²) in [4.78, 5) is 20.7. The molecular formula is C20H24N2O4. The van der Waals surface area contributed by atoms with Gasteiger partial charge in [-0.2, -0.15) is 4.98 Å². The number of benzene rings is 1. The van der Waals surface area contributed by atoms with Gasteiger partial charge in [-0.3, -0.25) is 4.79 Å². The Kier molecular flexibility index (Phi) is 4.96. The highest BCUT2D eigenvalue weighted by atomic mass is 16.5. The van der Waals surface area contributed by atoms with Gasteiger partial charge in [-0.05, 0) is 17.5 Å². The molecule has 3 rings (SSSR count). The molecule has 0 saturated carbocycles. The lowest BCUT2D eigenvalue weighted by Crippen LogP contribution is -2.18. The Morgan fingerprint density at radius 2 is 2.00 bits per heavy atom. The van der Waals surface area contributed by atoms with Crippen LogP contribution in [-0.4, -0.2) is 23.0 Å². The molecule has 26 heavy (non-hydrogen) atoms. The number of methoxy groups -OCH3 is 1. The summed E-state index contributed by atoms with van der Waals surface area (Å²) >= 11 is 0. The largest absolute Gasteiger partial charge is 0.439 e. The molecule has 0 bridgehead atoms. The van der Waals surface area contributed by atoms with Crippen molar-refractivity contribution in [3.8, 4) is 17.4 Å². The zero-order chi connectivity index (χ0) is 18.9. The third kappa shape index (κ3) is 4.02. The summed E-state index contributed by atoms with van der Waals surface area (Å²) in [6, 6.07) is 7.29. The standard InChI is InChI=1S/C20H24N2O4/c1-12-8-18(23)26-16-10-14(6-7-15(12)16)25-17-9-13(11-24-5)21-19(22-17)20(2,3)4/h6-7,9-10,12H,8,11H2,1-5H3. The van der Waals surface area contributed by atoms with Gasteiger partial charge in [0, 0.05) is 24.7 Å². The van der Waals surface area contributed by atoms with Crippen molar-refractivity contribution in [2.45, 2.75) is 52.1 Å². The Balaban J connectivity index is 1.92. The van der Waals surface area contributed by atoms with Gasteiger partial charge in [0.1, 0.15) is 17.3 Å². The van der Waals surface area contributed by atoms with Gasteiger partial charge in [0.15, 0.2) is 0 Å². The number of ether oxygens (including phenoxy) is 3. The number of carbonyl (C=O) groups excluding carboxylic acids is 1. The van der Waals surface area contributed by atoms with Gasteiger partial charge in [0.25, 0.3) is 0 Å². The maximum atomic E-state index is 11.7. The monoisotopic (exact) mass is 356 g/mol. The molecule has 6 nitrogen and oxygen atoms in total. The molecule has 1 atom stereocenters. The first-order valence-electron chi connectivity index (χ1n) is 8.66. The Morgan fingerprint density at radius 1 is 1.23 bits per heavy atom. The lowest BCUT2D eigenvalue weighted by Gasteiger charge is -2.22. The van der Waals surface area contributed by atoms with Gasteiger partial charge in [-0.15, -0.1) is 0 Å². The van der Waals surface area contributed by atoms with Gasteiger partial charge in [-0.1, -0.05) is 33.8 Å². The highest BCUT2D eigenvalue weighted by Crippen LogP contribution is 2.37. The van der Waals surface area contributed by atoms with E-state index in [1.165, 1.54) is 0 Å². The minimum Gasteiger partial charge on any atom is -0.439 e. The molecule has 0 spiro atoms. The van der Waals surface area contributed by atoms with E-state index in [9.17, 15) is 4.79 Å². The lowest BCUT2D eigenvalue weighted by atomic mass is 9.95. The first kappa shape index (κ1) is 18.3. The quantitative estimate of drug-likeness (QED) is 0.606. The fourth-order valence-electron chi connectivity index (χ4n) is 2.80. The Hall–Kier alpha value is -2.47. The van der Waals surface area contributed by atoms with Crippen molar-refractivity contribution in [2.24, 2.45) is 0 Å². The van der Waals surface area contributed by atoms with Gasteiger partial charge >= 0.3 is 5.97 Å². The van der Waals surface area contributed by atoms with Crippen LogP contribution in [-0.2, 0) is 21.6 Å². The van der Waals surface area contributed by atoms with E-state index in [0.29, 0.717) is 36.2 Å². The number of esters is 1. The highest BCUT2D eigenvalue weighted by molar-refractivity contribution is 5.76. The number of fused-ring (bicyclic) bond motifs is 1. The summed E-state index contributed by atoms with van der Waals surface area (Å²) < 4.78 is 16.5. The molecule has 2 aromatic rings. The number of aromatic nitrogens is 2. The molecule has 6 heteroatoms. The molecule has 0 amide bonds. The van der Waals surface area contributed by atoms with Crippen LogP contribution < -0.4 is 9.47 Å². The molecular weight excluding hydrogens is 332 g/mol. The third-order valence-electron chi connectivity index (χ3n) is 4.15. The molecule has 1 aliphatic heterocycles. The molecule has 0 radical (unpaired) electrons. The summed E-state index contributed by atoms with van der Waals surface area (Å²) in [5.74, 6) is 2.15. The Morgan fingerprint density at radius 3 is 2.69 bits per heavy atom. The van der Waals surface area contributed by atoms with E-state index in [-0.39, 0.29) is 17.3 Å². The molecule has 0 saturated heterocycles. The van der Waals surface area contributed by atoms with E-state index < -0.39 is 0 Å². The summed E-state index contributed by atoms with van der Waals surface area (Å²) in [6.07, 6.45) is 0.397. The van der Waals surface area contributed by atoms with Crippen LogP contribution >= 0.6 is 0 Å². The zero-order valence-corrected chi connectivity index (χ0v) is 15.8. The van der Waals surface area contributed by atoms with E-state index in [2.05, 4.69) is 9.97 Å². The van der Waals surface area contributed by atoms with E-state index in [1.807, 2.05) is 39.8 Å². The van der Waals surface area contributed by atoms with Crippen LogP contribution in [0, 0.1) is 0 Å². The Bertz CT molecular complexity index is 827. The van der Waals surface area contributed by atoms with Crippen molar-refractivity contribution >= 4 is 5.97 Å². The molecule has 2 heterocycles. The summed E-state index contributed by atoms with van der Waals surface area (Å²) in [5, 5.41) is 0. The molecule has 0 aliphatic carbocycles. The van der Waals surface area contributed by atoms with Gasteiger partial charge in [0.2, 0.25) is 5.88 Å². The van der Waals surface area contributed by atoms with Crippen molar-refractivity contribution in [1.29, 1.82) is 0 Å². The molecule has 1 aromatic carbocycles. The first-order chi connectivity index (χ1) is 12.3. The van der Waals surface area contributed by atoms with Crippen molar-refractivity contribution in [2.75, 3.05) is 7.11 Å². The minimum absolute atomic E-state index is 0.139. The molecule has 0 fully saturated rings. The van der Waals surface area contributed by atoms with Crippen molar-refractivity contribution in [1.82, 2.24) is 9.97 Å². The van der Waals surface area contributed by atoms with Crippen LogP contribution in [0.1, 0.15) is 57.1 Å². The summed E-state index contributed by atoms with van der Waals surface area (Å²) in [6.45, 7) is 8.52. The van der Waals surface area contributed by atoms with Crippen molar-refractivity contribution < 1.29 is 19.0 Å². The minimum atomic E-state index is -0.221. The molecule has 1 aliphatic rings. The predicted molar refractivity (Wildman–Crippen MR) is 96.6 cm³/mol. The fraction of sp³-hybridized carbons (Fsp3) is 0.450. The number of hydrogen-bond donors (Lipinski definition) is 0. The maximum Gasteiger partial charge on any atom is 0.311 e. The van der Waals surface area contributed by atoms with Crippen LogP contribution in [0.4, 0.5) is 0 Å². The normalized spacial score (nSPS) is 16.8. The van der Waals surface area contributed by atoms with Gasteiger partial charge in [0.05, 0.1) is 18.7 Å². The topological polar surface area (TPSA) is 70.5 Å². The van der Waals surface area contributed by atoms with E-state index in [1.54, 1.807) is 19.2 Å². The second kappa shape index (κ2) is 7.03. The van der Waals surface area contributed by atoms with E-state index in [4.69, 9.17) is 14.2 Å². The summed E-state index contributed by atoms with van der Waals surface area (Å²) in [7, 11) is 1.62.